The minimum atomic E-state index is 0.704. The summed E-state index contributed by atoms with van der Waals surface area (Å²) in [6, 6.07) is 19.4. The number of hydrogen-bond donors (Lipinski definition) is 0. The van der Waals surface area contributed by atoms with Crippen molar-refractivity contribution in [1.29, 1.82) is 0 Å². The van der Waals surface area contributed by atoms with E-state index in [0.717, 1.165) is 33.4 Å². The third-order valence-corrected chi connectivity index (χ3v) is 4.27. The second kappa shape index (κ2) is 7.51. The van der Waals surface area contributed by atoms with Crippen molar-refractivity contribution < 1.29 is 9.47 Å². The van der Waals surface area contributed by atoms with Gasteiger partial charge in [-0.2, -0.15) is 0 Å². The molecule has 0 aliphatic heterocycles. The molecule has 0 saturated carbocycles. The Morgan fingerprint density at radius 3 is 1.35 bits per heavy atom. The van der Waals surface area contributed by atoms with E-state index < -0.39 is 0 Å². The molecule has 0 aliphatic carbocycles. The van der Waals surface area contributed by atoms with Crippen molar-refractivity contribution in [2.24, 2.45) is 0 Å². The lowest BCUT2D eigenvalue weighted by molar-refractivity contribution is 0.406. The van der Waals surface area contributed by atoms with E-state index in [9.17, 15) is 0 Å². The molecule has 0 heterocycles. The van der Waals surface area contributed by atoms with Crippen molar-refractivity contribution in [3.63, 3.8) is 0 Å². The van der Waals surface area contributed by atoms with Crippen LogP contribution in [-0.4, -0.2) is 14.2 Å². The van der Waals surface area contributed by atoms with E-state index in [4.69, 9.17) is 22.3 Å². The molecule has 0 N–H and O–H groups in total. The molecule has 0 aromatic heterocycles. The van der Waals surface area contributed by atoms with Crippen molar-refractivity contribution in [2.75, 3.05) is 14.2 Å². The molecule has 0 unspecified atom stereocenters. The highest BCUT2D eigenvalue weighted by Gasteiger charge is 2.17. The van der Waals surface area contributed by atoms with Crippen LogP contribution in [-0.2, 0) is 0 Å². The summed E-state index contributed by atoms with van der Waals surface area (Å²) in [5.74, 6) is 6.86. The third kappa shape index (κ3) is 3.02. The number of methoxy groups -OCH3 is 2. The summed E-state index contributed by atoms with van der Waals surface area (Å²) < 4.78 is 11.3. The molecule has 0 bridgehead atoms. The van der Waals surface area contributed by atoms with Crippen LogP contribution in [0.4, 0.5) is 0 Å². The van der Waals surface area contributed by atoms with E-state index in [1.165, 1.54) is 0 Å². The summed E-state index contributed by atoms with van der Waals surface area (Å²) in [7, 11) is 3.28. The van der Waals surface area contributed by atoms with Crippen LogP contribution in [0.3, 0.4) is 0 Å². The van der Waals surface area contributed by atoms with Crippen LogP contribution in [0, 0.1) is 24.7 Å². The Bertz CT molecular complexity index is 948. The van der Waals surface area contributed by atoms with Gasteiger partial charge < -0.3 is 9.47 Å². The average molecular weight is 338 g/mol. The Hall–Kier alpha value is -3.62. The molecule has 3 rings (SSSR count). The van der Waals surface area contributed by atoms with Gasteiger partial charge in [0.25, 0.3) is 0 Å². The quantitative estimate of drug-likeness (QED) is 0.623. The molecular weight excluding hydrogens is 320 g/mol. The zero-order chi connectivity index (χ0) is 18.5. The minimum Gasteiger partial charge on any atom is -0.496 e. The van der Waals surface area contributed by atoms with Gasteiger partial charge >= 0.3 is 0 Å². The van der Waals surface area contributed by atoms with Crippen molar-refractivity contribution in [1.82, 2.24) is 0 Å². The van der Waals surface area contributed by atoms with Crippen LogP contribution in [0.5, 0.6) is 11.5 Å². The largest absolute Gasteiger partial charge is 0.496 e. The maximum absolute atomic E-state index is 5.66. The highest BCUT2D eigenvalue weighted by molar-refractivity contribution is 5.85. The van der Waals surface area contributed by atoms with Gasteiger partial charge in [-0.25, -0.2) is 0 Å². The fourth-order valence-corrected chi connectivity index (χ4v) is 3.01. The second-order valence-electron chi connectivity index (χ2n) is 5.63. The number of ether oxygens (including phenoxy) is 2. The van der Waals surface area contributed by atoms with E-state index in [1.54, 1.807) is 14.2 Å². The van der Waals surface area contributed by atoms with Crippen molar-refractivity contribution in [2.45, 2.75) is 0 Å². The lowest BCUT2D eigenvalue weighted by atomic mass is 9.93. The SMILES string of the molecule is C#Cc1ccccc1-c1cc(OC)c(-c2ccccc2C#C)cc1OC. The van der Waals surface area contributed by atoms with Crippen LogP contribution < -0.4 is 9.47 Å². The van der Waals surface area contributed by atoms with E-state index in [2.05, 4.69) is 11.8 Å². The van der Waals surface area contributed by atoms with Gasteiger partial charge in [0.2, 0.25) is 0 Å². The zero-order valence-electron chi connectivity index (χ0n) is 14.7. The first-order valence-electron chi connectivity index (χ1n) is 8.11. The molecule has 0 aliphatic rings. The fraction of sp³-hybridized carbons (Fsp3) is 0.0833. The van der Waals surface area contributed by atoms with E-state index in [0.29, 0.717) is 11.5 Å². The topological polar surface area (TPSA) is 18.5 Å². The normalized spacial score (nSPS) is 9.85. The maximum Gasteiger partial charge on any atom is 0.127 e. The maximum atomic E-state index is 5.66. The minimum absolute atomic E-state index is 0.704. The highest BCUT2D eigenvalue weighted by atomic mass is 16.5. The van der Waals surface area contributed by atoms with Gasteiger partial charge in [0.1, 0.15) is 11.5 Å². The number of rotatable bonds is 4. The molecule has 2 heteroatoms. The predicted molar refractivity (Wildman–Crippen MR) is 106 cm³/mol. The molecule has 3 aromatic carbocycles. The summed E-state index contributed by atoms with van der Waals surface area (Å²) in [5.41, 5.74) is 5.18. The van der Waals surface area contributed by atoms with E-state index in [-0.39, 0.29) is 0 Å². The lowest BCUT2D eigenvalue weighted by Crippen LogP contribution is -1.96. The lowest BCUT2D eigenvalue weighted by Gasteiger charge is -2.17. The smallest absolute Gasteiger partial charge is 0.127 e. The van der Waals surface area contributed by atoms with E-state index in [1.807, 2.05) is 60.7 Å². The standard InChI is InChI=1S/C24H18O2/c1-5-17-11-7-9-13-19(17)21-15-24(26-4)22(16-23(21)25-3)20-14-10-8-12-18(20)6-2/h1-2,7-16H,3-4H3. The molecule has 26 heavy (non-hydrogen) atoms. The van der Waals surface area contributed by atoms with Crippen molar-refractivity contribution in [3.05, 3.63) is 71.8 Å². The zero-order valence-corrected chi connectivity index (χ0v) is 14.7. The molecular formula is C24H18O2. The summed E-state index contributed by atoms with van der Waals surface area (Å²) in [5, 5.41) is 0. The number of hydrogen-bond acceptors (Lipinski definition) is 2. The Labute approximate surface area is 154 Å². The molecule has 0 radical (unpaired) electrons. The van der Waals surface area contributed by atoms with Gasteiger partial charge in [-0.05, 0) is 24.3 Å². The highest BCUT2D eigenvalue weighted by Crippen LogP contribution is 2.42. The molecule has 2 nitrogen and oxygen atoms in total. The van der Waals surface area contributed by atoms with Gasteiger partial charge in [-0.3, -0.25) is 0 Å². The first kappa shape index (κ1) is 17.2. The van der Waals surface area contributed by atoms with Crippen LogP contribution >= 0.6 is 0 Å². The van der Waals surface area contributed by atoms with E-state index >= 15 is 0 Å². The summed E-state index contributed by atoms with van der Waals surface area (Å²) in [6.45, 7) is 0. The molecule has 0 atom stereocenters. The van der Waals surface area contributed by atoms with Crippen LogP contribution in [0.25, 0.3) is 22.3 Å². The summed E-state index contributed by atoms with van der Waals surface area (Å²) in [6.07, 6.45) is 11.3. The first-order valence-corrected chi connectivity index (χ1v) is 8.11. The second-order valence-corrected chi connectivity index (χ2v) is 5.63. The van der Waals surface area contributed by atoms with Crippen LogP contribution in [0.2, 0.25) is 0 Å². The Balaban J connectivity index is 2.29. The van der Waals surface area contributed by atoms with Gasteiger partial charge in [-0.1, -0.05) is 48.2 Å². The van der Waals surface area contributed by atoms with Gasteiger partial charge in [-0.15, -0.1) is 12.8 Å². The average Bonchev–Trinajstić information content (AvgIpc) is 2.72. The van der Waals surface area contributed by atoms with Crippen molar-refractivity contribution in [3.8, 4) is 58.4 Å². The monoisotopic (exact) mass is 338 g/mol. The number of terminal acetylenes is 2. The van der Waals surface area contributed by atoms with Crippen LogP contribution in [0.1, 0.15) is 11.1 Å². The molecule has 3 aromatic rings. The van der Waals surface area contributed by atoms with Gasteiger partial charge in [0.05, 0.1) is 14.2 Å². The molecule has 0 spiro atoms. The molecule has 0 fully saturated rings. The molecule has 126 valence electrons. The fourth-order valence-electron chi connectivity index (χ4n) is 3.01. The van der Waals surface area contributed by atoms with Gasteiger partial charge in [0.15, 0.2) is 0 Å². The Morgan fingerprint density at radius 2 is 1.00 bits per heavy atom. The summed E-state index contributed by atoms with van der Waals surface area (Å²) in [4.78, 5) is 0. The van der Waals surface area contributed by atoms with Gasteiger partial charge in [0, 0.05) is 33.4 Å². The van der Waals surface area contributed by atoms with Crippen LogP contribution in [0.15, 0.2) is 60.7 Å². The molecule has 0 amide bonds. The Morgan fingerprint density at radius 1 is 0.615 bits per heavy atom. The van der Waals surface area contributed by atoms with Crippen molar-refractivity contribution >= 4 is 0 Å². The Kier molecular flexibility index (Phi) is 4.97. The predicted octanol–water partition coefficient (Wildman–Crippen LogP) is 5.00. The molecule has 0 saturated heterocycles. The third-order valence-electron chi connectivity index (χ3n) is 4.27. The first-order chi connectivity index (χ1) is 12.7. The number of benzene rings is 3. The summed E-state index contributed by atoms with van der Waals surface area (Å²) >= 11 is 0.